The van der Waals surface area contributed by atoms with Crippen LogP contribution in [0.15, 0.2) is 52.9 Å². The molecule has 2 aromatic carbocycles. The summed E-state index contributed by atoms with van der Waals surface area (Å²) < 4.78 is 12.2. The summed E-state index contributed by atoms with van der Waals surface area (Å²) in [6.07, 6.45) is 6.40. The Morgan fingerprint density at radius 2 is 1.76 bits per heavy atom. The van der Waals surface area contributed by atoms with E-state index in [1.807, 2.05) is 6.92 Å². The molecule has 0 amide bonds. The lowest BCUT2D eigenvalue weighted by Gasteiger charge is -2.28. The zero-order valence-electron chi connectivity index (χ0n) is 14.2. The molecule has 0 fully saturated rings. The van der Waals surface area contributed by atoms with Gasteiger partial charge in [-0.1, -0.05) is 36.4 Å². The van der Waals surface area contributed by atoms with Gasteiger partial charge in [0.2, 0.25) is 5.88 Å². The van der Waals surface area contributed by atoms with Gasteiger partial charge in [0.1, 0.15) is 11.5 Å². The normalized spacial score (nSPS) is 15.0. The monoisotopic (exact) mass is 329 g/mol. The van der Waals surface area contributed by atoms with Crippen LogP contribution in [0.25, 0.3) is 12.2 Å². The maximum absolute atomic E-state index is 6.12. The summed E-state index contributed by atoms with van der Waals surface area (Å²) in [5.74, 6) is 2.73. The third kappa shape index (κ3) is 2.27. The van der Waals surface area contributed by atoms with Gasteiger partial charge in [0.25, 0.3) is 0 Å². The van der Waals surface area contributed by atoms with Gasteiger partial charge < -0.3 is 9.15 Å². The number of nitrogens with zero attached hydrogens (tertiary/aromatic N) is 1. The quantitative estimate of drug-likeness (QED) is 0.437. The van der Waals surface area contributed by atoms with Crippen LogP contribution in [0.1, 0.15) is 28.9 Å². The van der Waals surface area contributed by atoms with Crippen molar-refractivity contribution < 1.29 is 9.15 Å². The molecule has 0 saturated heterocycles. The predicted molar refractivity (Wildman–Crippen MR) is 101 cm³/mol. The third-order valence-corrected chi connectivity index (χ3v) is 4.84. The first kappa shape index (κ1) is 14.4. The Balaban J connectivity index is 1.80. The molecule has 0 N–H and O–H groups in total. The minimum absolute atomic E-state index is 0.766. The Labute approximate surface area is 147 Å². The second kappa shape index (κ2) is 5.55. The van der Waals surface area contributed by atoms with Gasteiger partial charge in [-0.3, -0.25) is 4.90 Å². The first-order valence-corrected chi connectivity index (χ1v) is 8.73. The van der Waals surface area contributed by atoms with Crippen LogP contribution in [0.2, 0.25) is 0 Å². The molecule has 25 heavy (non-hydrogen) atoms. The summed E-state index contributed by atoms with van der Waals surface area (Å²) in [4.78, 5) is 2.20. The van der Waals surface area contributed by atoms with Gasteiger partial charge in [0.15, 0.2) is 0 Å². The smallest absolute Gasteiger partial charge is 0.212 e. The second-order valence-electron chi connectivity index (χ2n) is 6.56. The van der Waals surface area contributed by atoms with E-state index in [1.54, 1.807) is 0 Å². The van der Waals surface area contributed by atoms with Gasteiger partial charge in [-0.2, -0.15) is 0 Å². The molecular formula is C22H19NO2. The van der Waals surface area contributed by atoms with E-state index < -0.39 is 0 Å². The minimum atomic E-state index is 0.766. The number of furan rings is 1. The Kier molecular flexibility index (Phi) is 3.20. The summed E-state index contributed by atoms with van der Waals surface area (Å²) >= 11 is 0. The van der Waals surface area contributed by atoms with Gasteiger partial charge in [0.05, 0.1) is 18.0 Å². The standard InChI is InChI=1S/C22H19NO2/c1-15-14-18-12-11-16-6-2-3-9-19(16)23(22(18)25-15)20-10-4-7-17-8-5-13-24-21(17)20/h2-4,6-7,9-12,14H,5,8,13H2,1H3. The first-order valence-electron chi connectivity index (χ1n) is 8.73. The highest BCUT2D eigenvalue weighted by Gasteiger charge is 2.27. The summed E-state index contributed by atoms with van der Waals surface area (Å²) in [6, 6.07) is 16.9. The van der Waals surface area contributed by atoms with Crippen molar-refractivity contribution in [3.63, 3.8) is 0 Å². The molecule has 0 bridgehead atoms. The zero-order valence-corrected chi connectivity index (χ0v) is 14.2. The maximum Gasteiger partial charge on any atom is 0.212 e. The van der Waals surface area contributed by atoms with Crippen molar-refractivity contribution in [1.82, 2.24) is 0 Å². The number of fused-ring (bicyclic) bond motifs is 3. The van der Waals surface area contributed by atoms with Crippen LogP contribution >= 0.6 is 0 Å². The molecule has 0 atom stereocenters. The number of anilines is 3. The van der Waals surface area contributed by atoms with Crippen LogP contribution < -0.4 is 9.64 Å². The Morgan fingerprint density at radius 1 is 0.920 bits per heavy atom. The fourth-order valence-electron chi connectivity index (χ4n) is 3.72. The summed E-state index contributed by atoms with van der Waals surface area (Å²) in [7, 11) is 0. The second-order valence-corrected chi connectivity index (χ2v) is 6.56. The van der Waals surface area contributed by atoms with Crippen molar-refractivity contribution >= 4 is 29.4 Å². The van der Waals surface area contributed by atoms with E-state index in [2.05, 4.69) is 65.6 Å². The lowest BCUT2D eigenvalue weighted by Crippen LogP contribution is -2.16. The third-order valence-electron chi connectivity index (χ3n) is 4.84. The molecule has 3 heterocycles. The zero-order chi connectivity index (χ0) is 16.8. The molecule has 0 unspecified atom stereocenters. The van der Waals surface area contributed by atoms with E-state index in [0.29, 0.717) is 0 Å². The van der Waals surface area contributed by atoms with Crippen LogP contribution in [0.3, 0.4) is 0 Å². The van der Waals surface area contributed by atoms with Crippen molar-refractivity contribution in [2.75, 3.05) is 11.5 Å². The number of para-hydroxylation sites is 2. The predicted octanol–water partition coefficient (Wildman–Crippen LogP) is 5.87. The molecule has 0 aliphatic carbocycles. The van der Waals surface area contributed by atoms with Crippen molar-refractivity contribution in [3.05, 3.63) is 71.0 Å². The van der Waals surface area contributed by atoms with Crippen LogP contribution in [0, 0.1) is 6.92 Å². The molecular weight excluding hydrogens is 310 g/mol. The number of hydrogen-bond acceptors (Lipinski definition) is 3. The SMILES string of the molecule is Cc1cc2c(o1)N(c1cccc3c1OCCC3)c1ccccc1C=C2. The Hall–Kier alpha value is -2.94. The van der Waals surface area contributed by atoms with Crippen LogP contribution in [0.5, 0.6) is 5.75 Å². The number of benzene rings is 2. The molecule has 124 valence electrons. The highest BCUT2D eigenvalue weighted by Crippen LogP contribution is 2.47. The largest absolute Gasteiger partial charge is 0.491 e. The molecule has 3 aromatic rings. The summed E-state index contributed by atoms with van der Waals surface area (Å²) in [5.41, 5.74) is 5.67. The molecule has 3 heteroatoms. The van der Waals surface area contributed by atoms with Crippen molar-refractivity contribution in [2.24, 2.45) is 0 Å². The van der Waals surface area contributed by atoms with E-state index in [-0.39, 0.29) is 0 Å². The molecule has 2 aliphatic heterocycles. The van der Waals surface area contributed by atoms with E-state index >= 15 is 0 Å². The molecule has 3 nitrogen and oxygen atoms in total. The molecule has 5 rings (SSSR count). The molecule has 1 aromatic heterocycles. The molecule has 0 spiro atoms. The fraction of sp³-hybridized carbons (Fsp3) is 0.182. The Morgan fingerprint density at radius 3 is 2.72 bits per heavy atom. The van der Waals surface area contributed by atoms with E-state index in [1.165, 1.54) is 11.1 Å². The van der Waals surface area contributed by atoms with Crippen molar-refractivity contribution in [1.29, 1.82) is 0 Å². The van der Waals surface area contributed by atoms with Crippen LogP contribution in [-0.2, 0) is 6.42 Å². The van der Waals surface area contributed by atoms with Gasteiger partial charge in [0, 0.05) is 5.56 Å². The molecule has 0 saturated carbocycles. The molecule has 0 radical (unpaired) electrons. The number of ether oxygens (including phenoxy) is 1. The van der Waals surface area contributed by atoms with E-state index in [0.717, 1.165) is 53.8 Å². The van der Waals surface area contributed by atoms with Crippen LogP contribution in [0.4, 0.5) is 17.3 Å². The number of aryl methyl sites for hydroxylation is 2. The fourth-order valence-corrected chi connectivity index (χ4v) is 3.72. The van der Waals surface area contributed by atoms with E-state index in [4.69, 9.17) is 9.15 Å². The highest BCUT2D eigenvalue weighted by molar-refractivity contribution is 5.92. The minimum Gasteiger partial charge on any atom is -0.491 e. The van der Waals surface area contributed by atoms with Crippen LogP contribution in [-0.4, -0.2) is 6.61 Å². The topological polar surface area (TPSA) is 25.6 Å². The lowest BCUT2D eigenvalue weighted by molar-refractivity contribution is 0.289. The average Bonchev–Trinajstić information content (AvgIpc) is 2.94. The van der Waals surface area contributed by atoms with Gasteiger partial charge in [-0.05, 0) is 55.2 Å². The van der Waals surface area contributed by atoms with Gasteiger partial charge in [-0.15, -0.1) is 0 Å². The van der Waals surface area contributed by atoms with E-state index in [9.17, 15) is 0 Å². The highest BCUT2D eigenvalue weighted by atomic mass is 16.5. The molecule has 2 aliphatic rings. The lowest BCUT2D eigenvalue weighted by atomic mass is 10.0. The van der Waals surface area contributed by atoms with Gasteiger partial charge >= 0.3 is 0 Å². The van der Waals surface area contributed by atoms with Crippen molar-refractivity contribution in [3.8, 4) is 5.75 Å². The summed E-state index contributed by atoms with van der Waals surface area (Å²) in [5, 5.41) is 0. The van der Waals surface area contributed by atoms with Gasteiger partial charge in [-0.25, -0.2) is 0 Å². The first-order chi connectivity index (χ1) is 12.3. The average molecular weight is 329 g/mol. The van der Waals surface area contributed by atoms with Crippen molar-refractivity contribution in [2.45, 2.75) is 19.8 Å². The number of rotatable bonds is 1. The maximum atomic E-state index is 6.12. The Bertz CT molecular complexity index is 983. The summed E-state index contributed by atoms with van der Waals surface area (Å²) in [6.45, 7) is 2.76. The number of hydrogen-bond donors (Lipinski definition) is 0.